The second-order valence-corrected chi connectivity index (χ2v) is 6.13. The standard InChI is InChI=1S/C14H26O4/c1-10(2)8-17-12(15)7-14(5,6)13(16)18-9-11(3)4/h10-11H,7-9H2,1-6H3. The van der Waals surface area contributed by atoms with Gasteiger partial charge in [0.25, 0.3) is 0 Å². The zero-order chi connectivity index (χ0) is 14.3. The molecule has 0 spiro atoms. The third kappa shape index (κ3) is 7.30. The first-order valence-electron chi connectivity index (χ1n) is 6.48. The first-order valence-corrected chi connectivity index (χ1v) is 6.48. The van der Waals surface area contributed by atoms with Gasteiger partial charge < -0.3 is 9.47 Å². The van der Waals surface area contributed by atoms with Gasteiger partial charge in [-0.15, -0.1) is 0 Å². The average Bonchev–Trinajstić information content (AvgIpc) is 2.22. The molecule has 0 heterocycles. The van der Waals surface area contributed by atoms with Gasteiger partial charge in [0, 0.05) is 0 Å². The van der Waals surface area contributed by atoms with Crippen molar-refractivity contribution in [2.45, 2.75) is 48.0 Å². The smallest absolute Gasteiger partial charge is 0.312 e. The molecule has 0 fully saturated rings. The molecule has 106 valence electrons. The first kappa shape index (κ1) is 16.9. The zero-order valence-corrected chi connectivity index (χ0v) is 12.4. The molecule has 0 amide bonds. The van der Waals surface area contributed by atoms with Gasteiger partial charge in [0.05, 0.1) is 25.0 Å². The number of carbonyl (C=O) groups is 2. The van der Waals surface area contributed by atoms with E-state index in [0.29, 0.717) is 19.1 Å². The summed E-state index contributed by atoms with van der Waals surface area (Å²) in [5, 5.41) is 0. The number of esters is 2. The molecule has 0 saturated carbocycles. The topological polar surface area (TPSA) is 52.6 Å². The minimum Gasteiger partial charge on any atom is -0.465 e. The second-order valence-electron chi connectivity index (χ2n) is 6.13. The van der Waals surface area contributed by atoms with Crippen molar-refractivity contribution in [3.8, 4) is 0 Å². The van der Waals surface area contributed by atoms with Gasteiger partial charge in [0.1, 0.15) is 0 Å². The molecule has 4 heteroatoms. The molecule has 4 nitrogen and oxygen atoms in total. The SMILES string of the molecule is CC(C)COC(=O)CC(C)(C)C(=O)OCC(C)C. The van der Waals surface area contributed by atoms with Crippen LogP contribution in [0.4, 0.5) is 0 Å². The highest BCUT2D eigenvalue weighted by atomic mass is 16.5. The lowest BCUT2D eigenvalue weighted by atomic mass is 9.89. The monoisotopic (exact) mass is 258 g/mol. The lowest BCUT2D eigenvalue weighted by Crippen LogP contribution is -2.31. The van der Waals surface area contributed by atoms with Crippen LogP contribution in [0.5, 0.6) is 0 Å². The number of hydrogen-bond donors (Lipinski definition) is 0. The summed E-state index contributed by atoms with van der Waals surface area (Å²) in [6.45, 7) is 12.0. The molecule has 0 N–H and O–H groups in total. The third-order valence-corrected chi connectivity index (χ3v) is 2.26. The normalized spacial score (nSPS) is 11.8. The van der Waals surface area contributed by atoms with Crippen LogP contribution in [-0.4, -0.2) is 25.2 Å². The average molecular weight is 258 g/mol. The number of rotatable bonds is 7. The van der Waals surface area contributed by atoms with Crippen molar-refractivity contribution in [2.75, 3.05) is 13.2 Å². The largest absolute Gasteiger partial charge is 0.465 e. The summed E-state index contributed by atoms with van der Waals surface area (Å²) in [5.74, 6) is -0.115. The summed E-state index contributed by atoms with van der Waals surface area (Å²) in [6, 6.07) is 0. The maximum absolute atomic E-state index is 11.8. The molecule has 0 radical (unpaired) electrons. The van der Waals surface area contributed by atoms with Crippen molar-refractivity contribution in [1.82, 2.24) is 0 Å². The summed E-state index contributed by atoms with van der Waals surface area (Å²) in [5.41, 5.74) is -0.830. The van der Waals surface area contributed by atoms with Crippen LogP contribution in [0.25, 0.3) is 0 Å². The molecule has 0 aromatic carbocycles. The molecule has 0 saturated heterocycles. The molecule has 0 aliphatic carbocycles. The summed E-state index contributed by atoms with van der Waals surface area (Å²) in [4.78, 5) is 23.4. The number of ether oxygens (including phenoxy) is 2. The molecule has 0 rings (SSSR count). The highest BCUT2D eigenvalue weighted by Gasteiger charge is 2.33. The highest BCUT2D eigenvalue weighted by Crippen LogP contribution is 2.23. The number of carbonyl (C=O) groups excluding carboxylic acids is 2. The number of hydrogen-bond acceptors (Lipinski definition) is 4. The maximum atomic E-state index is 11.8. The Morgan fingerprint density at radius 2 is 1.39 bits per heavy atom. The minimum absolute atomic E-state index is 0.0522. The summed E-state index contributed by atoms with van der Waals surface area (Å²) < 4.78 is 10.2. The molecule has 0 aromatic heterocycles. The molecule has 0 aliphatic rings. The van der Waals surface area contributed by atoms with Crippen LogP contribution in [0.1, 0.15) is 48.0 Å². The van der Waals surface area contributed by atoms with Crippen molar-refractivity contribution < 1.29 is 19.1 Å². The Morgan fingerprint density at radius 1 is 0.944 bits per heavy atom. The van der Waals surface area contributed by atoms with Crippen LogP contribution >= 0.6 is 0 Å². The van der Waals surface area contributed by atoms with Crippen molar-refractivity contribution in [3.63, 3.8) is 0 Å². The van der Waals surface area contributed by atoms with E-state index in [9.17, 15) is 9.59 Å². The van der Waals surface area contributed by atoms with Gasteiger partial charge in [-0.3, -0.25) is 9.59 Å². The second kappa shape index (κ2) is 7.39. The Morgan fingerprint density at radius 3 is 1.83 bits per heavy atom. The van der Waals surface area contributed by atoms with Gasteiger partial charge in [-0.25, -0.2) is 0 Å². The van der Waals surface area contributed by atoms with Crippen molar-refractivity contribution in [2.24, 2.45) is 17.3 Å². The van der Waals surface area contributed by atoms with E-state index in [1.165, 1.54) is 0 Å². The van der Waals surface area contributed by atoms with Gasteiger partial charge >= 0.3 is 11.9 Å². The molecule has 18 heavy (non-hydrogen) atoms. The van der Waals surface area contributed by atoms with E-state index in [1.807, 2.05) is 27.7 Å². The lowest BCUT2D eigenvalue weighted by molar-refractivity contribution is -0.161. The van der Waals surface area contributed by atoms with Crippen molar-refractivity contribution in [3.05, 3.63) is 0 Å². The first-order chi connectivity index (χ1) is 8.15. The molecule has 0 bridgehead atoms. The molecule has 0 aliphatic heterocycles. The van der Waals surface area contributed by atoms with E-state index >= 15 is 0 Å². The van der Waals surface area contributed by atoms with Gasteiger partial charge in [-0.1, -0.05) is 27.7 Å². The summed E-state index contributed by atoms with van der Waals surface area (Å²) in [7, 11) is 0. The Kier molecular flexibility index (Phi) is 6.96. The Bertz CT molecular complexity index is 280. The minimum atomic E-state index is -0.830. The van der Waals surface area contributed by atoms with E-state index in [4.69, 9.17) is 9.47 Å². The zero-order valence-electron chi connectivity index (χ0n) is 12.4. The molecule has 0 atom stereocenters. The lowest BCUT2D eigenvalue weighted by Gasteiger charge is -2.22. The highest BCUT2D eigenvalue weighted by molar-refractivity contribution is 5.82. The quantitative estimate of drug-likeness (QED) is 0.659. The van der Waals surface area contributed by atoms with Crippen LogP contribution < -0.4 is 0 Å². The Labute approximate surface area is 110 Å². The van der Waals surface area contributed by atoms with Crippen molar-refractivity contribution >= 4 is 11.9 Å². The Balaban J connectivity index is 4.19. The molecule has 0 unspecified atom stereocenters. The predicted molar refractivity (Wildman–Crippen MR) is 70.0 cm³/mol. The fourth-order valence-corrected chi connectivity index (χ4v) is 1.18. The van der Waals surface area contributed by atoms with E-state index < -0.39 is 5.41 Å². The predicted octanol–water partition coefficient (Wildman–Crippen LogP) is 2.80. The fraction of sp³-hybridized carbons (Fsp3) is 0.857. The van der Waals surface area contributed by atoms with Gasteiger partial charge in [0.15, 0.2) is 0 Å². The van der Waals surface area contributed by atoms with Crippen LogP contribution in [0.3, 0.4) is 0 Å². The van der Waals surface area contributed by atoms with Crippen LogP contribution in [0.2, 0.25) is 0 Å². The Hall–Kier alpha value is -1.06. The third-order valence-electron chi connectivity index (χ3n) is 2.26. The fourth-order valence-electron chi connectivity index (χ4n) is 1.18. The molecule has 0 aromatic rings. The van der Waals surface area contributed by atoms with E-state index in [0.717, 1.165) is 0 Å². The van der Waals surface area contributed by atoms with Crippen molar-refractivity contribution in [1.29, 1.82) is 0 Å². The summed E-state index contributed by atoms with van der Waals surface area (Å²) in [6.07, 6.45) is 0.0522. The molecular formula is C14H26O4. The van der Waals surface area contributed by atoms with E-state index in [1.54, 1.807) is 13.8 Å². The van der Waals surface area contributed by atoms with Gasteiger partial charge in [-0.2, -0.15) is 0 Å². The summed E-state index contributed by atoms with van der Waals surface area (Å²) >= 11 is 0. The van der Waals surface area contributed by atoms with Gasteiger partial charge in [-0.05, 0) is 25.7 Å². The van der Waals surface area contributed by atoms with E-state index in [-0.39, 0.29) is 24.3 Å². The van der Waals surface area contributed by atoms with E-state index in [2.05, 4.69) is 0 Å². The van der Waals surface area contributed by atoms with Gasteiger partial charge in [0.2, 0.25) is 0 Å². The van der Waals surface area contributed by atoms with Crippen LogP contribution in [0.15, 0.2) is 0 Å². The van der Waals surface area contributed by atoms with Crippen LogP contribution in [-0.2, 0) is 19.1 Å². The molecular weight excluding hydrogens is 232 g/mol. The van der Waals surface area contributed by atoms with Crippen LogP contribution in [0, 0.1) is 17.3 Å². The maximum Gasteiger partial charge on any atom is 0.312 e.